The van der Waals surface area contributed by atoms with E-state index in [9.17, 15) is 13.2 Å². The van der Waals surface area contributed by atoms with Crippen LogP contribution in [0.15, 0.2) is 51.8 Å². The summed E-state index contributed by atoms with van der Waals surface area (Å²) in [7, 11) is 0.952. The molecule has 0 spiro atoms. The van der Waals surface area contributed by atoms with Gasteiger partial charge in [-0.3, -0.25) is 4.79 Å². The molecule has 0 saturated heterocycles. The number of ether oxygens (including phenoxy) is 2. The number of carbonyl (C=O) groups excluding carboxylic acids is 1. The van der Waals surface area contributed by atoms with Crippen LogP contribution in [-0.2, 0) is 10.0 Å². The van der Waals surface area contributed by atoms with E-state index in [0.717, 1.165) is 9.87 Å². The van der Waals surface area contributed by atoms with E-state index >= 15 is 0 Å². The Morgan fingerprint density at radius 2 is 1.82 bits per heavy atom. The third-order valence-corrected chi connectivity index (χ3v) is 6.30. The van der Waals surface area contributed by atoms with Gasteiger partial charge in [0.2, 0.25) is 10.0 Å². The SMILES string of the molecule is CCOc1cc(/C=C/C(=O)c2ccc(S(=O)(=O)N(C)C)cc2)cc(Br)c1OC. The van der Waals surface area contributed by atoms with Crippen LogP contribution in [0.25, 0.3) is 6.08 Å². The van der Waals surface area contributed by atoms with Crippen LogP contribution in [0.4, 0.5) is 0 Å². The van der Waals surface area contributed by atoms with E-state index in [-0.39, 0.29) is 10.7 Å². The fourth-order valence-electron chi connectivity index (χ4n) is 2.42. The van der Waals surface area contributed by atoms with Crippen molar-refractivity contribution >= 4 is 37.8 Å². The maximum absolute atomic E-state index is 12.4. The maximum atomic E-state index is 12.4. The van der Waals surface area contributed by atoms with Gasteiger partial charge in [0.25, 0.3) is 0 Å². The minimum absolute atomic E-state index is 0.137. The summed E-state index contributed by atoms with van der Waals surface area (Å²) in [5, 5.41) is 0. The molecule has 0 atom stereocenters. The molecule has 8 heteroatoms. The minimum atomic E-state index is -3.52. The van der Waals surface area contributed by atoms with Gasteiger partial charge >= 0.3 is 0 Å². The highest BCUT2D eigenvalue weighted by Crippen LogP contribution is 2.36. The lowest BCUT2D eigenvalue weighted by molar-refractivity contribution is 0.104. The van der Waals surface area contributed by atoms with Gasteiger partial charge in [-0.05, 0) is 70.9 Å². The van der Waals surface area contributed by atoms with E-state index in [2.05, 4.69) is 15.9 Å². The van der Waals surface area contributed by atoms with Crippen molar-refractivity contribution in [2.45, 2.75) is 11.8 Å². The smallest absolute Gasteiger partial charge is 0.242 e. The number of hydrogen-bond donors (Lipinski definition) is 0. The average molecular weight is 468 g/mol. The molecule has 2 rings (SSSR count). The normalized spacial score (nSPS) is 11.8. The fraction of sp³-hybridized carbons (Fsp3) is 0.250. The summed E-state index contributed by atoms with van der Waals surface area (Å²) in [5.74, 6) is 0.923. The number of methoxy groups -OCH3 is 1. The van der Waals surface area contributed by atoms with Crippen LogP contribution in [0.2, 0.25) is 0 Å². The number of nitrogens with zero attached hydrogens (tertiary/aromatic N) is 1. The van der Waals surface area contributed by atoms with Gasteiger partial charge in [0.05, 0.1) is 23.1 Å². The largest absolute Gasteiger partial charge is 0.492 e. The zero-order valence-corrected chi connectivity index (χ0v) is 18.5. The summed E-state index contributed by atoms with van der Waals surface area (Å²) >= 11 is 3.43. The van der Waals surface area contributed by atoms with Crippen molar-refractivity contribution < 1.29 is 22.7 Å². The van der Waals surface area contributed by atoms with Gasteiger partial charge in [-0.1, -0.05) is 6.08 Å². The van der Waals surface area contributed by atoms with E-state index in [1.54, 1.807) is 19.3 Å². The van der Waals surface area contributed by atoms with Crippen molar-refractivity contribution in [1.29, 1.82) is 0 Å². The Kier molecular flexibility index (Phi) is 7.40. The molecule has 2 aromatic rings. The maximum Gasteiger partial charge on any atom is 0.242 e. The Morgan fingerprint density at radius 1 is 1.18 bits per heavy atom. The number of ketones is 1. The second-order valence-corrected chi connectivity index (χ2v) is 8.98. The highest BCUT2D eigenvalue weighted by molar-refractivity contribution is 9.10. The molecule has 28 heavy (non-hydrogen) atoms. The van der Waals surface area contributed by atoms with Crippen molar-refractivity contribution in [1.82, 2.24) is 4.31 Å². The van der Waals surface area contributed by atoms with E-state index in [1.165, 1.54) is 44.4 Å². The van der Waals surface area contributed by atoms with Crippen LogP contribution >= 0.6 is 15.9 Å². The zero-order valence-electron chi connectivity index (χ0n) is 16.1. The minimum Gasteiger partial charge on any atom is -0.492 e. The van der Waals surface area contributed by atoms with Crippen molar-refractivity contribution in [3.8, 4) is 11.5 Å². The van der Waals surface area contributed by atoms with Crippen LogP contribution in [-0.4, -0.2) is 46.3 Å². The van der Waals surface area contributed by atoms with Crippen molar-refractivity contribution in [2.75, 3.05) is 27.8 Å². The van der Waals surface area contributed by atoms with Crippen LogP contribution in [0, 0.1) is 0 Å². The molecule has 0 amide bonds. The molecule has 0 aliphatic carbocycles. The third kappa shape index (κ3) is 5.01. The molecule has 0 aromatic heterocycles. The molecule has 0 unspecified atom stereocenters. The molecule has 0 heterocycles. The summed E-state index contributed by atoms with van der Waals surface area (Å²) in [5.41, 5.74) is 1.16. The van der Waals surface area contributed by atoms with Gasteiger partial charge in [0, 0.05) is 19.7 Å². The molecule has 0 radical (unpaired) electrons. The quantitative estimate of drug-likeness (QED) is 0.433. The van der Waals surface area contributed by atoms with Crippen LogP contribution < -0.4 is 9.47 Å². The lowest BCUT2D eigenvalue weighted by Crippen LogP contribution is -2.22. The number of sulfonamides is 1. The Morgan fingerprint density at radius 3 is 2.36 bits per heavy atom. The second kappa shape index (κ2) is 9.36. The van der Waals surface area contributed by atoms with Crippen molar-refractivity contribution in [2.24, 2.45) is 0 Å². The van der Waals surface area contributed by atoms with Gasteiger partial charge in [-0.2, -0.15) is 0 Å². The molecule has 0 bridgehead atoms. The van der Waals surface area contributed by atoms with Gasteiger partial charge in [-0.15, -0.1) is 0 Å². The average Bonchev–Trinajstić information content (AvgIpc) is 2.66. The first-order chi connectivity index (χ1) is 13.2. The van der Waals surface area contributed by atoms with E-state index in [1.807, 2.05) is 13.0 Å². The molecule has 2 aromatic carbocycles. The van der Waals surface area contributed by atoms with Gasteiger partial charge in [0.15, 0.2) is 17.3 Å². The van der Waals surface area contributed by atoms with E-state index in [0.29, 0.717) is 28.1 Å². The third-order valence-electron chi connectivity index (χ3n) is 3.88. The molecule has 0 N–H and O–H groups in total. The summed E-state index contributed by atoms with van der Waals surface area (Å²) in [4.78, 5) is 12.6. The summed E-state index contributed by atoms with van der Waals surface area (Å²) < 4.78 is 36.9. The predicted octanol–water partition coefficient (Wildman–Crippen LogP) is 4.00. The lowest BCUT2D eigenvalue weighted by atomic mass is 10.1. The van der Waals surface area contributed by atoms with Gasteiger partial charge in [0.1, 0.15) is 0 Å². The molecular formula is C20H22BrNO5S. The monoisotopic (exact) mass is 467 g/mol. The summed E-state index contributed by atoms with van der Waals surface area (Å²) in [6, 6.07) is 9.44. The Bertz CT molecular complexity index is 982. The molecule has 0 fully saturated rings. The number of allylic oxidation sites excluding steroid dienone is 1. The topological polar surface area (TPSA) is 72.9 Å². The van der Waals surface area contributed by atoms with Gasteiger partial charge in [-0.25, -0.2) is 12.7 Å². The molecular weight excluding hydrogens is 446 g/mol. The number of carbonyl (C=O) groups is 1. The highest BCUT2D eigenvalue weighted by Gasteiger charge is 2.17. The molecule has 0 aliphatic rings. The van der Waals surface area contributed by atoms with Gasteiger partial charge < -0.3 is 9.47 Å². The molecule has 6 nitrogen and oxygen atoms in total. The first-order valence-electron chi connectivity index (χ1n) is 8.46. The van der Waals surface area contributed by atoms with E-state index in [4.69, 9.17) is 9.47 Å². The van der Waals surface area contributed by atoms with Crippen molar-refractivity contribution in [3.63, 3.8) is 0 Å². The summed E-state index contributed by atoms with van der Waals surface area (Å²) in [6.07, 6.45) is 3.10. The van der Waals surface area contributed by atoms with Crippen LogP contribution in [0.1, 0.15) is 22.8 Å². The predicted molar refractivity (Wildman–Crippen MR) is 113 cm³/mol. The Balaban J connectivity index is 2.24. The highest BCUT2D eigenvalue weighted by atomic mass is 79.9. The summed E-state index contributed by atoms with van der Waals surface area (Å²) in [6.45, 7) is 2.36. The number of benzene rings is 2. The number of halogens is 1. The standard InChI is InChI=1S/C20H22BrNO5S/c1-5-27-19-13-14(12-17(21)20(19)26-4)6-11-18(23)15-7-9-16(10-8-15)28(24,25)22(2)3/h6-13H,5H2,1-4H3/b11-6+. The zero-order chi connectivity index (χ0) is 20.9. The van der Waals surface area contributed by atoms with Crippen LogP contribution in [0.5, 0.6) is 11.5 Å². The number of hydrogen-bond acceptors (Lipinski definition) is 5. The molecule has 0 saturated carbocycles. The molecule has 150 valence electrons. The Hall–Kier alpha value is -2.16. The Labute approximate surface area is 173 Å². The lowest BCUT2D eigenvalue weighted by Gasteiger charge is -2.12. The molecule has 0 aliphatic heterocycles. The number of rotatable bonds is 8. The fourth-order valence-corrected chi connectivity index (χ4v) is 3.94. The van der Waals surface area contributed by atoms with E-state index < -0.39 is 10.0 Å². The first kappa shape index (κ1) is 22.1. The van der Waals surface area contributed by atoms with Crippen molar-refractivity contribution in [3.05, 3.63) is 58.1 Å². The first-order valence-corrected chi connectivity index (χ1v) is 10.7. The second-order valence-electron chi connectivity index (χ2n) is 5.98. The van der Waals surface area contributed by atoms with Crippen LogP contribution in [0.3, 0.4) is 0 Å².